The Morgan fingerprint density at radius 3 is 2.68 bits per heavy atom. The van der Waals surface area contributed by atoms with Crippen LogP contribution in [0.15, 0.2) is 54.7 Å². The van der Waals surface area contributed by atoms with Gasteiger partial charge in [0.1, 0.15) is 11.6 Å². The predicted molar refractivity (Wildman–Crippen MR) is 116 cm³/mol. The van der Waals surface area contributed by atoms with Crippen molar-refractivity contribution in [1.82, 2.24) is 9.88 Å². The molecule has 28 heavy (non-hydrogen) atoms. The molecule has 0 amide bonds. The Bertz CT molecular complexity index is 918. The Balaban J connectivity index is 1.30. The van der Waals surface area contributed by atoms with E-state index in [4.69, 9.17) is 10.5 Å². The van der Waals surface area contributed by atoms with E-state index in [1.807, 2.05) is 24.3 Å². The quantitative estimate of drug-likeness (QED) is 0.677. The minimum Gasteiger partial charge on any atom is -0.493 e. The summed E-state index contributed by atoms with van der Waals surface area (Å²) in [6, 6.07) is 16.5. The van der Waals surface area contributed by atoms with Gasteiger partial charge in [0, 0.05) is 23.8 Å². The molecule has 4 rings (SSSR count). The lowest BCUT2D eigenvalue weighted by molar-refractivity contribution is 0.160. The minimum atomic E-state index is 0.577. The van der Waals surface area contributed by atoms with Gasteiger partial charge >= 0.3 is 0 Å². The molecule has 1 fully saturated rings. The topological polar surface area (TPSA) is 63.4 Å². The molecule has 0 unspecified atom stereocenters. The van der Waals surface area contributed by atoms with Gasteiger partial charge < -0.3 is 20.7 Å². The summed E-state index contributed by atoms with van der Waals surface area (Å²) in [4.78, 5) is 6.52. The number of anilines is 2. The Morgan fingerprint density at radius 2 is 1.89 bits per heavy atom. The van der Waals surface area contributed by atoms with Gasteiger partial charge in [-0.05, 0) is 86.2 Å². The fourth-order valence-electron chi connectivity index (χ4n) is 3.68. The van der Waals surface area contributed by atoms with E-state index in [0.717, 1.165) is 35.4 Å². The molecular weight excluding hydrogens is 348 g/mol. The monoisotopic (exact) mass is 376 g/mol. The third-order valence-corrected chi connectivity index (χ3v) is 5.53. The molecule has 1 aliphatic heterocycles. The van der Waals surface area contributed by atoms with Gasteiger partial charge in [-0.1, -0.05) is 12.1 Å². The van der Waals surface area contributed by atoms with Gasteiger partial charge in [0.2, 0.25) is 0 Å². The number of pyridine rings is 1. The highest BCUT2D eigenvalue weighted by Crippen LogP contribution is 2.22. The first-order valence-corrected chi connectivity index (χ1v) is 9.96. The number of nitrogens with one attached hydrogen (secondary N) is 1. The maximum Gasteiger partial charge on any atom is 0.131 e. The van der Waals surface area contributed by atoms with Crippen LogP contribution >= 0.6 is 0 Å². The zero-order valence-electron chi connectivity index (χ0n) is 16.4. The van der Waals surface area contributed by atoms with Gasteiger partial charge in [0.25, 0.3) is 0 Å². The second-order valence-corrected chi connectivity index (χ2v) is 7.69. The number of hydrogen-bond acceptors (Lipinski definition) is 5. The number of rotatable bonds is 6. The summed E-state index contributed by atoms with van der Waals surface area (Å²) >= 11 is 0. The van der Waals surface area contributed by atoms with E-state index in [0.29, 0.717) is 11.7 Å². The van der Waals surface area contributed by atoms with Crippen LogP contribution in [0.25, 0.3) is 10.8 Å². The van der Waals surface area contributed by atoms with Gasteiger partial charge in [-0.15, -0.1) is 0 Å². The van der Waals surface area contributed by atoms with Gasteiger partial charge in [-0.25, -0.2) is 4.98 Å². The number of benzene rings is 2. The van der Waals surface area contributed by atoms with Crippen LogP contribution < -0.4 is 15.8 Å². The number of ether oxygens (including phenoxy) is 1. The van der Waals surface area contributed by atoms with Crippen LogP contribution in [0.5, 0.6) is 5.75 Å². The molecule has 5 heteroatoms. The molecule has 1 aromatic heterocycles. The summed E-state index contributed by atoms with van der Waals surface area (Å²) in [5, 5.41) is 5.58. The van der Waals surface area contributed by atoms with E-state index in [9.17, 15) is 0 Å². The van der Waals surface area contributed by atoms with Crippen LogP contribution in [0.3, 0.4) is 0 Å². The third-order valence-electron chi connectivity index (χ3n) is 5.53. The highest BCUT2D eigenvalue weighted by Gasteiger charge is 2.17. The van der Waals surface area contributed by atoms with Crippen LogP contribution in [0.4, 0.5) is 11.5 Å². The fourth-order valence-corrected chi connectivity index (χ4v) is 3.68. The maximum atomic E-state index is 5.99. The summed E-state index contributed by atoms with van der Waals surface area (Å²) in [5.74, 6) is 2.19. The number of nitrogens with zero attached hydrogens (tertiary/aromatic N) is 2. The second-order valence-electron chi connectivity index (χ2n) is 7.69. The molecule has 146 valence electrons. The number of piperidine rings is 1. The summed E-state index contributed by atoms with van der Waals surface area (Å²) < 4.78 is 5.99. The van der Waals surface area contributed by atoms with Crippen LogP contribution in [-0.2, 0) is 6.54 Å². The Morgan fingerprint density at radius 1 is 1.11 bits per heavy atom. The van der Waals surface area contributed by atoms with E-state index >= 15 is 0 Å². The van der Waals surface area contributed by atoms with Crippen LogP contribution in [-0.4, -0.2) is 36.6 Å². The molecule has 0 atom stereocenters. The summed E-state index contributed by atoms with van der Waals surface area (Å²) in [5.41, 5.74) is 8.22. The number of nitrogens with two attached hydrogens (primary N) is 1. The molecule has 0 aliphatic carbocycles. The van der Waals surface area contributed by atoms with Crippen molar-refractivity contribution in [3.8, 4) is 5.75 Å². The van der Waals surface area contributed by atoms with Crippen LogP contribution in [0, 0.1) is 5.92 Å². The van der Waals surface area contributed by atoms with Crippen molar-refractivity contribution in [2.45, 2.75) is 19.4 Å². The van der Waals surface area contributed by atoms with Crippen molar-refractivity contribution >= 4 is 22.3 Å². The third kappa shape index (κ3) is 4.54. The SMILES string of the molecule is CN1CCC(COc2ccc(NCc3ccc4c(N)nccc4c3)cc2)CC1. The number of nitrogen functional groups attached to an aromatic ring is 1. The molecule has 3 N–H and O–H groups in total. The first kappa shape index (κ1) is 18.6. The van der Waals surface area contributed by atoms with Crippen LogP contribution in [0.1, 0.15) is 18.4 Å². The molecule has 2 heterocycles. The molecule has 3 aromatic rings. The van der Waals surface area contributed by atoms with Gasteiger partial charge in [0.15, 0.2) is 0 Å². The second kappa shape index (κ2) is 8.48. The lowest BCUT2D eigenvalue weighted by atomic mass is 9.98. The molecule has 0 bridgehead atoms. The van der Waals surface area contributed by atoms with Crippen molar-refractivity contribution in [3.63, 3.8) is 0 Å². The molecule has 0 saturated carbocycles. The van der Waals surface area contributed by atoms with E-state index in [2.05, 4.69) is 46.5 Å². The molecule has 1 saturated heterocycles. The first-order valence-electron chi connectivity index (χ1n) is 9.96. The molecular formula is C23H28N4O. The van der Waals surface area contributed by atoms with Gasteiger partial charge in [-0.2, -0.15) is 0 Å². The zero-order valence-corrected chi connectivity index (χ0v) is 16.4. The van der Waals surface area contributed by atoms with E-state index in [1.165, 1.54) is 31.5 Å². The maximum absolute atomic E-state index is 5.99. The fraction of sp³-hybridized carbons (Fsp3) is 0.348. The Labute approximate surface area is 166 Å². The summed E-state index contributed by atoms with van der Waals surface area (Å²) in [7, 11) is 2.19. The smallest absolute Gasteiger partial charge is 0.131 e. The number of hydrogen-bond donors (Lipinski definition) is 2. The average Bonchev–Trinajstić information content (AvgIpc) is 2.73. The summed E-state index contributed by atoms with van der Waals surface area (Å²) in [6.45, 7) is 3.92. The molecule has 0 radical (unpaired) electrons. The first-order chi connectivity index (χ1) is 13.7. The molecule has 1 aliphatic rings. The highest BCUT2D eigenvalue weighted by molar-refractivity contribution is 5.91. The van der Waals surface area contributed by atoms with E-state index in [1.54, 1.807) is 6.20 Å². The van der Waals surface area contributed by atoms with Crippen LogP contribution in [0.2, 0.25) is 0 Å². The van der Waals surface area contributed by atoms with Crippen molar-refractivity contribution in [2.24, 2.45) is 5.92 Å². The van der Waals surface area contributed by atoms with Crippen molar-refractivity contribution in [3.05, 3.63) is 60.3 Å². The molecule has 5 nitrogen and oxygen atoms in total. The Kier molecular flexibility index (Phi) is 5.63. The number of fused-ring (bicyclic) bond motifs is 1. The standard InChI is InChI=1S/C23H28N4O/c1-27-12-9-17(10-13-27)16-28-21-5-3-20(4-6-21)26-15-18-2-7-22-19(14-18)8-11-25-23(22)24/h2-8,11,14,17,26H,9-10,12-13,15-16H2,1H3,(H2,24,25). The summed E-state index contributed by atoms with van der Waals surface area (Å²) in [6.07, 6.45) is 4.20. The lowest BCUT2D eigenvalue weighted by Gasteiger charge is -2.28. The average molecular weight is 377 g/mol. The minimum absolute atomic E-state index is 0.577. The Hall–Kier alpha value is -2.79. The predicted octanol–water partition coefficient (Wildman–Crippen LogP) is 4.15. The number of aromatic nitrogens is 1. The van der Waals surface area contributed by atoms with Gasteiger partial charge in [0.05, 0.1) is 6.61 Å². The number of likely N-dealkylation sites (tertiary alicyclic amines) is 1. The van der Waals surface area contributed by atoms with Crippen molar-refractivity contribution < 1.29 is 4.74 Å². The van der Waals surface area contributed by atoms with E-state index < -0.39 is 0 Å². The van der Waals surface area contributed by atoms with Gasteiger partial charge in [-0.3, -0.25) is 0 Å². The van der Waals surface area contributed by atoms with E-state index in [-0.39, 0.29) is 0 Å². The highest BCUT2D eigenvalue weighted by atomic mass is 16.5. The molecule has 0 spiro atoms. The normalized spacial score (nSPS) is 15.6. The zero-order chi connectivity index (χ0) is 19.3. The van der Waals surface area contributed by atoms with Crippen molar-refractivity contribution in [1.29, 1.82) is 0 Å². The van der Waals surface area contributed by atoms with Crippen molar-refractivity contribution in [2.75, 3.05) is 37.8 Å². The molecule has 2 aromatic carbocycles. The largest absolute Gasteiger partial charge is 0.493 e. The lowest BCUT2D eigenvalue weighted by Crippen LogP contribution is -2.32.